The van der Waals surface area contributed by atoms with Crippen molar-refractivity contribution in [3.05, 3.63) is 58.6 Å². The molecule has 0 spiro atoms. The number of hydrogen-bond acceptors (Lipinski definition) is 6. The van der Waals surface area contributed by atoms with E-state index >= 15 is 0 Å². The van der Waals surface area contributed by atoms with Crippen LogP contribution >= 0.6 is 0 Å². The number of ether oxygens (including phenoxy) is 1. The normalized spacial score (nSPS) is 13.6. The summed E-state index contributed by atoms with van der Waals surface area (Å²) < 4.78 is 5.36. The van der Waals surface area contributed by atoms with E-state index in [-0.39, 0.29) is 24.0 Å². The zero-order valence-electron chi connectivity index (χ0n) is 16.7. The van der Waals surface area contributed by atoms with E-state index in [1.54, 1.807) is 12.1 Å². The Morgan fingerprint density at radius 2 is 1.73 bits per heavy atom. The minimum absolute atomic E-state index is 0.0441. The lowest BCUT2D eigenvalue weighted by molar-refractivity contribution is -0.385. The minimum atomic E-state index is -0.550. The Hall–Kier alpha value is -3.62. The third-order valence-corrected chi connectivity index (χ3v) is 4.87. The van der Waals surface area contributed by atoms with Crippen LogP contribution in [0.3, 0.4) is 0 Å². The lowest BCUT2D eigenvalue weighted by atomic mass is 10.2. The third-order valence-electron chi connectivity index (χ3n) is 4.87. The first kappa shape index (κ1) is 21.1. The predicted molar refractivity (Wildman–Crippen MR) is 113 cm³/mol. The number of rotatable bonds is 7. The standard InChI is InChI=1S/C21H24N4O5/c1-2-21(27)24-13-11-23(12-14-24)17-8-4-3-7-16(17)22-20(26)15-30-19-10-6-5-9-18(19)25(28)29/h3-10H,2,11-15H2,1H3,(H,22,26). The van der Waals surface area contributed by atoms with E-state index in [1.807, 2.05) is 30.0 Å². The fourth-order valence-electron chi connectivity index (χ4n) is 3.34. The second-order valence-corrected chi connectivity index (χ2v) is 6.80. The summed E-state index contributed by atoms with van der Waals surface area (Å²) in [6.45, 7) is 4.12. The Balaban J connectivity index is 1.62. The zero-order chi connectivity index (χ0) is 21.5. The molecule has 2 aromatic rings. The molecule has 1 heterocycles. The van der Waals surface area contributed by atoms with Crippen LogP contribution in [0.4, 0.5) is 17.1 Å². The van der Waals surface area contributed by atoms with Crippen molar-refractivity contribution >= 4 is 28.9 Å². The number of carbonyl (C=O) groups excluding carboxylic acids is 2. The molecule has 1 saturated heterocycles. The van der Waals surface area contributed by atoms with E-state index in [2.05, 4.69) is 10.2 Å². The van der Waals surface area contributed by atoms with Gasteiger partial charge in [0, 0.05) is 38.7 Å². The summed E-state index contributed by atoms with van der Waals surface area (Å²) in [6, 6.07) is 13.3. The first-order chi connectivity index (χ1) is 14.5. The van der Waals surface area contributed by atoms with Crippen LogP contribution in [0.25, 0.3) is 0 Å². The maximum atomic E-state index is 12.4. The van der Waals surface area contributed by atoms with Gasteiger partial charge < -0.3 is 19.9 Å². The van der Waals surface area contributed by atoms with Crippen molar-refractivity contribution in [2.75, 3.05) is 43.0 Å². The molecule has 0 atom stereocenters. The van der Waals surface area contributed by atoms with Crippen LogP contribution in [0.15, 0.2) is 48.5 Å². The van der Waals surface area contributed by atoms with Crippen molar-refractivity contribution in [3.63, 3.8) is 0 Å². The molecule has 0 unspecified atom stereocenters. The summed E-state index contributed by atoms with van der Waals surface area (Å²) in [5.74, 6) is -0.230. The first-order valence-corrected chi connectivity index (χ1v) is 9.77. The van der Waals surface area contributed by atoms with Gasteiger partial charge in [-0.05, 0) is 18.2 Å². The lowest BCUT2D eigenvalue weighted by Gasteiger charge is -2.36. The van der Waals surface area contributed by atoms with Gasteiger partial charge in [-0.1, -0.05) is 31.2 Å². The molecule has 9 nitrogen and oxygen atoms in total. The summed E-state index contributed by atoms with van der Waals surface area (Å²) >= 11 is 0. The molecular formula is C21H24N4O5. The van der Waals surface area contributed by atoms with Gasteiger partial charge in [0.1, 0.15) is 0 Å². The van der Waals surface area contributed by atoms with Crippen molar-refractivity contribution in [1.82, 2.24) is 4.90 Å². The van der Waals surface area contributed by atoms with Crippen molar-refractivity contribution in [3.8, 4) is 5.75 Å². The monoisotopic (exact) mass is 412 g/mol. The van der Waals surface area contributed by atoms with Crippen molar-refractivity contribution in [2.45, 2.75) is 13.3 Å². The van der Waals surface area contributed by atoms with Gasteiger partial charge in [-0.3, -0.25) is 19.7 Å². The lowest BCUT2D eigenvalue weighted by Crippen LogP contribution is -2.48. The molecule has 0 saturated carbocycles. The maximum absolute atomic E-state index is 12.4. The highest BCUT2D eigenvalue weighted by Crippen LogP contribution is 2.28. The van der Waals surface area contributed by atoms with Crippen molar-refractivity contribution < 1.29 is 19.2 Å². The minimum Gasteiger partial charge on any atom is -0.477 e. The summed E-state index contributed by atoms with van der Waals surface area (Å²) in [6.07, 6.45) is 0.492. The van der Waals surface area contributed by atoms with Crippen LogP contribution in [-0.2, 0) is 9.59 Å². The fourth-order valence-corrected chi connectivity index (χ4v) is 3.34. The fraction of sp³-hybridized carbons (Fsp3) is 0.333. The van der Waals surface area contributed by atoms with Crippen LogP contribution in [0.5, 0.6) is 5.75 Å². The second kappa shape index (κ2) is 9.73. The molecule has 1 fully saturated rings. The molecular weight excluding hydrogens is 388 g/mol. The largest absolute Gasteiger partial charge is 0.477 e. The van der Waals surface area contributed by atoms with Gasteiger partial charge in [-0.15, -0.1) is 0 Å². The highest BCUT2D eigenvalue weighted by molar-refractivity contribution is 5.95. The molecule has 0 aliphatic carbocycles. The van der Waals surface area contributed by atoms with E-state index in [1.165, 1.54) is 18.2 Å². The predicted octanol–water partition coefficient (Wildman–Crippen LogP) is 2.67. The molecule has 0 radical (unpaired) electrons. The molecule has 0 aromatic heterocycles. The van der Waals surface area contributed by atoms with Gasteiger partial charge >= 0.3 is 5.69 Å². The smallest absolute Gasteiger partial charge is 0.310 e. The highest BCUT2D eigenvalue weighted by atomic mass is 16.6. The number of nitro groups is 1. The van der Waals surface area contributed by atoms with Crippen LogP contribution in [0.2, 0.25) is 0 Å². The zero-order valence-corrected chi connectivity index (χ0v) is 16.7. The highest BCUT2D eigenvalue weighted by Gasteiger charge is 2.22. The number of anilines is 2. The van der Waals surface area contributed by atoms with Crippen molar-refractivity contribution in [1.29, 1.82) is 0 Å². The van der Waals surface area contributed by atoms with Gasteiger partial charge in [-0.25, -0.2) is 0 Å². The summed E-state index contributed by atoms with van der Waals surface area (Å²) in [7, 11) is 0. The molecule has 1 aliphatic rings. The van der Waals surface area contributed by atoms with E-state index in [0.717, 1.165) is 5.69 Å². The number of nitro benzene ring substituents is 1. The van der Waals surface area contributed by atoms with Crippen LogP contribution < -0.4 is 15.0 Å². The molecule has 1 aliphatic heterocycles. The van der Waals surface area contributed by atoms with Gasteiger partial charge in [0.05, 0.1) is 16.3 Å². The van der Waals surface area contributed by atoms with E-state index < -0.39 is 10.8 Å². The number of piperazine rings is 1. The third kappa shape index (κ3) is 5.05. The van der Waals surface area contributed by atoms with Gasteiger partial charge in [0.2, 0.25) is 5.91 Å². The number of hydrogen-bond donors (Lipinski definition) is 1. The van der Waals surface area contributed by atoms with E-state index in [9.17, 15) is 19.7 Å². The Kier molecular flexibility index (Phi) is 6.84. The quantitative estimate of drug-likeness (QED) is 0.554. The average molecular weight is 412 g/mol. The van der Waals surface area contributed by atoms with Gasteiger partial charge in [-0.2, -0.15) is 0 Å². The first-order valence-electron chi connectivity index (χ1n) is 9.77. The number of amides is 2. The summed E-state index contributed by atoms with van der Waals surface area (Å²) in [5.41, 5.74) is 1.30. The number of nitrogens with one attached hydrogen (secondary N) is 1. The molecule has 2 amide bonds. The molecule has 30 heavy (non-hydrogen) atoms. The number of benzene rings is 2. The summed E-state index contributed by atoms with van der Waals surface area (Å²) in [5, 5.41) is 13.9. The molecule has 0 bridgehead atoms. The van der Waals surface area contributed by atoms with E-state index in [4.69, 9.17) is 4.74 Å². The Bertz CT molecular complexity index is 925. The summed E-state index contributed by atoms with van der Waals surface area (Å²) in [4.78, 5) is 38.8. The molecule has 158 valence electrons. The molecule has 2 aromatic carbocycles. The molecule has 1 N–H and O–H groups in total. The van der Waals surface area contributed by atoms with Crippen LogP contribution in [0.1, 0.15) is 13.3 Å². The molecule has 9 heteroatoms. The SMILES string of the molecule is CCC(=O)N1CCN(c2ccccc2NC(=O)COc2ccccc2[N+](=O)[O-])CC1. The second-order valence-electron chi connectivity index (χ2n) is 6.80. The van der Waals surface area contributed by atoms with Gasteiger partial charge in [0.25, 0.3) is 5.91 Å². The number of para-hydroxylation sites is 4. The van der Waals surface area contributed by atoms with Crippen LogP contribution in [-0.4, -0.2) is 54.4 Å². The maximum Gasteiger partial charge on any atom is 0.310 e. The topological polar surface area (TPSA) is 105 Å². The molecule has 3 rings (SSSR count). The van der Waals surface area contributed by atoms with Crippen LogP contribution in [0, 0.1) is 10.1 Å². The number of nitrogens with zero attached hydrogens (tertiary/aromatic N) is 3. The Morgan fingerprint density at radius 1 is 1.07 bits per heavy atom. The van der Waals surface area contributed by atoms with Crippen molar-refractivity contribution in [2.24, 2.45) is 0 Å². The average Bonchev–Trinajstić information content (AvgIpc) is 2.78. The number of carbonyl (C=O) groups is 2. The van der Waals surface area contributed by atoms with E-state index in [0.29, 0.717) is 38.3 Å². The Morgan fingerprint density at radius 3 is 2.43 bits per heavy atom. The Labute approximate surface area is 174 Å². The van der Waals surface area contributed by atoms with Gasteiger partial charge in [0.15, 0.2) is 12.4 Å².